The molecule has 1 aromatic carbocycles. The first-order valence-corrected chi connectivity index (χ1v) is 9.13. The molecule has 0 nitrogen and oxygen atoms in total. The minimum atomic E-state index is -0.303. The molecule has 0 spiro atoms. The van der Waals surface area contributed by atoms with Crippen LogP contribution in [0.3, 0.4) is 0 Å². The van der Waals surface area contributed by atoms with Crippen LogP contribution in [0.4, 0.5) is 4.39 Å². The Kier molecular flexibility index (Phi) is 4.32. The summed E-state index contributed by atoms with van der Waals surface area (Å²) in [5.74, 6) is 1.95. The summed E-state index contributed by atoms with van der Waals surface area (Å²) in [4.78, 5) is 2.53. The Morgan fingerprint density at radius 3 is 2.85 bits per heavy atom. The number of fused-ring (bicyclic) bond motifs is 1. The number of halogens is 3. The molecule has 1 atom stereocenters. The fourth-order valence-electron chi connectivity index (χ4n) is 2.32. The lowest BCUT2D eigenvalue weighted by atomic mass is 10.1. The summed E-state index contributed by atoms with van der Waals surface area (Å²) in [6.07, 6.45) is 1.12. The molecule has 1 aromatic heterocycles. The van der Waals surface area contributed by atoms with Crippen LogP contribution in [0.2, 0.25) is 5.02 Å². The second kappa shape index (κ2) is 5.88. The van der Waals surface area contributed by atoms with E-state index in [9.17, 15) is 4.39 Å². The molecular formula is C15H13Cl2FS2. The van der Waals surface area contributed by atoms with Gasteiger partial charge in [-0.25, -0.2) is 4.39 Å². The molecule has 0 radical (unpaired) electrons. The van der Waals surface area contributed by atoms with Crippen LogP contribution in [0.15, 0.2) is 18.2 Å². The smallest absolute Gasteiger partial charge is 0.127 e. The van der Waals surface area contributed by atoms with Crippen molar-refractivity contribution in [1.29, 1.82) is 0 Å². The highest BCUT2D eigenvalue weighted by Gasteiger charge is 2.21. The Morgan fingerprint density at radius 2 is 2.10 bits per heavy atom. The number of rotatable bonds is 2. The first-order chi connectivity index (χ1) is 9.56. The van der Waals surface area contributed by atoms with Gasteiger partial charge in [-0.2, -0.15) is 11.8 Å². The lowest BCUT2D eigenvalue weighted by Gasteiger charge is -2.11. The maximum absolute atomic E-state index is 13.5. The molecule has 1 aliphatic rings. The molecule has 0 N–H and O–H groups in total. The van der Waals surface area contributed by atoms with Gasteiger partial charge < -0.3 is 0 Å². The zero-order valence-electron chi connectivity index (χ0n) is 10.9. The summed E-state index contributed by atoms with van der Waals surface area (Å²) < 4.78 is 13.5. The monoisotopic (exact) mass is 346 g/mol. The minimum absolute atomic E-state index is 0.288. The number of benzene rings is 1. The van der Waals surface area contributed by atoms with Crippen LogP contribution in [0.1, 0.15) is 31.8 Å². The van der Waals surface area contributed by atoms with Crippen molar-refractivity contribution < 1.29 is 4.39 Å². The van der Waals surface area contributed by atoms with Crippen LogP contribution in [0, 0.1) is 12.7 Å². The van der Waals surface area contributed by atoms with Crippen LogP contribution >= 0.6 is 46.3 Å². The Hall–Kier alpha value is -0.220. The average Bonchev–Trinajstić information content (AvgIpc) is 2.86. The normalized spacial score (nSPS) is 16.0. The molecule has 2 aromatic rings. The van der Waals surface area contributed by atoms with Gasteiger partial charge in [-0.05, 0) is 54.0 Å². The van der Waals surface area contributed by atoms with Crippen LogP contribution < -0.4 is 0 Å². The molecule has 20 heavy (non-hydrogen) atoms. The van der Waals surface area contributed by atoms with Gasteiger partial charge in [0.25, 0.3) is 0 Å². The Bertz CT molecular complexity index is 628. The van der Waals surface area contributed by atoms with Gasteiger partial charge in [-0.3, -0.25) is 0 Å². The van der Waals surface area contributed by atoms with E-state index in [-0.39, 0.29) is 11.2 Å². The lowest BCUT2D eigenvalue weighted by Crippen LogP contribution is -1.96. The standard InChI is InChI=1S/C15H13Cl2FS2/c1-8-4-10(11(16)6-12(8)18)15(17)14-5-9-7-19-3-2-13(9)20-14/h4-6,15H,2-3,7H2,1H3. The number of thioether (sulfide) groups is 1. The van der Waals surface area contributed by atoms with Gasteiger partial charge in [0.2, 0.25) is 0 Å². The highest BCUT2D eigenvalue weighted by molar-refractivity contribution is 7.98. The van der Waals surface area contributed by atoms with E-state index in [1.165, 1.54) is 22.3 Å². The molecule has 0 saturated heterocycles. The van der Waals surface area contributed by atoms with Crippen molar-refractivity contribution in [3.8, 4) is 0 Å². The van der Waals surface area contributed by atoms with Gasteiger partial charge in [0.1, 0.15) is 5.82 Å². The summed E-state index contributed by atoms with van der Waals surface area (Å²) in [6.45, 7) is 1.73. The zero-order valence-corrected chi connectivity index (χ0v) is 14.0. The van der Waals surface area contributed by atoms with E-state index in [4.69, 9.17) is 23.2 Å². The molecular weight excluding hydrogens is 334 g/mol. The number of aryl methyl sites for hydroxylation is 2. The first kappa shape index (κ1) is 14.7. The molecule has 3 rings (SSSR count). The predicted molar refractivity (Wildman–Crippen MR) is 88.0 cm³/mol. The van der Waals surface area contributed by atoms with Gasteiger partial charge in [-0.15, -0.1) is 22.9 Å². The third-order valence-electron chi connectivity index (χ3n) is 3.45. The molecule has 0 amide bonds. The van der Waals surface area contributed by atoms with Crippen LogP contribution in [0.25, 0.3) is 0 Å². The van der Waals surface area contributed by atoms with E-state index in [0.717, 1.165) is 22.6 Å². The van der Waals surface area contributed by atoms with E-state index in [1.54, 1.807) is 24.3 Å². The second-order valence-electron chi connectivity index (χ2n) is 4.89. The molecule has 0 bridgehead atoms. The molecule has 2 heterocycles. The lowest BCUT2D eigenvalue weighted by molar-refractivity contribution is 0.618. The average molecular weight is 347 g/mol. The molecule has 1 unspecified atom stereocenters. The summed E-state index contributed by atoms with van der Waals surface area (Å²) in [5, 5.41) is 0.0937. The quantitative estimate of drug-likeness (QED) is 0.604. The molecule has 5 heteroatoms. The molecule has 106 valence electrons. The topological polar surface area (TPSA) is 0 Å². The van der Waals surface area contributed by atoms with Gasteiger partial charge in [0.15, 0.2) is 0 Å². The Balaban J connectivity index is 1.98. The number of thiophene rings is 1. The zero-order chi connectivity index (χ0) is 14.3. The summed E-state index contributed by atoms with van der Waals surface area (Å²) in [5.41, 5.74) is 2.76. The molecule has 0 fully saturated rings. The number of hydrogen-bond acceptors (Lipinski definition) is 2. The third-order valence-corrected chi connectivity index (χ3v) is 6.68. The van der Waals surface area contributed by atoms with Crippen molar-refractivity contribution in [2.24, 2.45) is 0 Å². The number of hydrogen-bond donors (Lipinski definition) is 0. The van der Waals surface area contributed by atoms with Crippen molar-refractivity contribution in [3.05, 3.63) is 55.5 Å². The van der Waals surface area contributed by atoms with Crippen LogP contribution in [0.5, 0.6) is 0 Å². The second-order valence-corrected chi connectivity index (χ2v) is 8.00. The van der Waals surface area contributed by atoms with Crippen molar-refractivity contribution in [3.63, 3.8) is 0 Å². The van der Waals surface area contributed by atoms with Crippen LogP contribution in [-0.2, 0) is 12.2 Å². The maximum atomic E-state index is 13.5. The van der Waals surface area contributed by atoms with Crippen molar-refractivity contribution >= 4 is 46.3 Å². The highest BCUT2D eigenvalue weighted by Crippen LogP contribution is 2.41. The van der Waals surface area contributed by atoms with Crippen molar-refractivity contribution in [2.45, 2.75) is 24.5 Å². The van der Waals surface area contributed by atoms with Crippen LogP contribution in [-0.4, -0.2) is 5.75 Å². The largest absolute Gasteiger partial charge is 0.207 e. The van der Waals surface area contributed by atoms with E-state index in [1.807, 2.05) is 11.8 Å². The maximum Gasteiger partial charge on any atom is 0.127 e. The van der Waals surface area contributed by atoms with E-state index >= 15 is 0 Å². The highest BCUT2D eigenvalue weighted by atomic mass is 35.5. The first-order valence-electron chi connectivity index (χ1n) is 6.35. The Labute approximate surface area is 136 Å². The van der Waals surface area contributed by atoms with E-state index in [2.05, 4.69) is 6.07 Å². The van der Waals surface area contributed by atoms with Gasteiger partial charge in [0.05, 0.1) is 5.38 Å². The SMILES string of the molecule is Cc1cc(C(Cl)c2cc3c(s2)CCSC3)c(Cl)cc1F. The van der Waals surface area contributed by atoms with Gasteiger partial charge in [-0.1, -0.05) is 11.6 Å². The third kappa shape index (κ3) is 2.74. The molecule has 1 aliphatic heterocycles. The van der Waals surface area contributed by atoms with Gasteiger partial charge >= 0.3 is 0 Å². The fourth-order valence-corrected chi connectivity index (χ4v) is 5.39. The summed E-state index contributed by atoms with van der Waals surface area (Å²) in [6, 6.07) is 5.28. The fraction of sp³-hybridized carbons (Fsp3) is 0.333. The van der Waals surface area contributed by atoms with Crippen molar-refractivity contribution in [2.75, 3.05) is 5.75 Å². The molecule has 0 saturated carbocycles. The summed E-state index contributed by atoms with van der Waals surface area (Å²) in [7, 11) is 0. The minimum Gasteiger partial charge on any atom is -0.207 e. The number of alkyl halides is 1. The Morgan fingerprint density at radius 1 is 1.30 bits per heavy atom. The summed E-state index contributed by atoms with van der Waals surface area (Å²) >= 11 is 16.4. The predicted octanol–water partition coefficient (Wildman–Crippen LogP) is 5.97. The molecule has 0 aliphatic carbocycles. The van der Waals surface area contributed by atoms with Crippen molar-refractivity contribution in [1.82, 2.24) is 0 Å². The van der Waals surface area contributed by atoms with E-state index in [0.29, 0.717) is 10.6 Å². The van der Waals surface area contributed by atoms with Gasteiger partial charge in [0, 0.05) is 20.5 Å². The van der Waals surface area contributed by atoms with E-state index < -0.39 is 0 Å².